The fourth-order valence-corrected chi connectivity index (χ4v) is 4.97. The molecule has 196 valence electrons. The Labute approximate surface area is 219 Å². The molecule has 0 fully saturated rings. The van der Waals surface area contributed by atoms with Crippen molar-refractivity contribution in [2.24, 2.45) is 5.92 Å². The van der Waals surface area contributed by atoms with Crippen molar-refractivity contribution >= 4 is 17.5 Å². The van der Waals surface area contributed by atoms with E-state index in [4.69, 9.17) is 11.6 Å². The molecule has 5 nitrogen and oxygen atoms in total. The van der Waals surface area contributed by atoms with Gasteiger partial charge in [-0.3, -0.25) is 14.7 Å². The van der Waals surface area contributed by atoms with Crippen LogP contribution in [-0.4, -0.2) is 27.5 Å². The Morgan fingerprint density at radius 2 is 1.84 bits per heavy atom. The molecule has 4 rings (SSSR count). The van der Waals surface area contributed by atoms with Crippen LogP contribution in [0, 0.1) is 5.92 Å². The lowest BCUT2D eigenvalue weighted by Crippen LogP contribution is -2.29. The summed E-state index contributed by atoms with van der Waals surface area (Å²) in [4.78, 5) is 19.9. The second-order valence-electron chi connectivity index (χ2n) is 9.65. The number of aliphatic hydroxyl groups excluding tert-OH is 1. The van der Waals surface area contributed by atoms with Gasteiger partial charge in [0.2, 0.25) is 0 Å². The summed E-state index contributed by atoms with van der Waals surface area (Å²) in [7, 11) is 0. The van der Waals surface area contributed by atoms with E-state index in [9.17, 15) is 23.1 Å². The minimum Gasteiger partial charge on any atom is -0.396 e. The molecule has 2 N–H and O–H groups in total. The summed E-state index contributed by atoms with van der Waals surface area (Å²) in [5.41, 5.74) is 3.15. The molecule has 1 aliphatic rings. The number of fused-ring (bicyclic) bond motifs is 1. The largest absolute Gasteiger partial charge is 0.416 e. The van der Waals surface area contributed by atoms with Crippen LogP contribution < -0.4 is 5.32 Å². The highest BCUT2D eigenvalue weighted by Crippen LogP contribution is 2.39. The van der Waals surface area contributed by atoms with E-state index in [0.29, 0.717) is 30.1 Å². The quantitative estimate of drug-likeness (QED) is 0.357. The number of nitrogens with zero attached hydrogens (tertiary/aromatic N) is 2. The number of rotatable bonds is 8. The molecule has 0 spiro atoms. The van der Waals surface area contributed by atoms with E-state index in [1.807, 2.05) is 18.2 Å². The van der Waals surface area contributed by atoms with Gasteiger partial charge in [0.1, 0.15) is 0 Å². The second kappa shape index (κ2) is 11.2. The molecule has 0 bridgehead atoms. The predicted molar refractivity (Wildman–Crippen MR) is 136 cm³/mol. The Morgan fingerprint density at radius 3 is 2.43 bits per heavy atom. The van der Waals surface area contributed by atoms with Gasteiger partial charge in [-0.1, -0.05) is 49.7 Å². The Kier molecular flexibility index (Phi) is 8.21. The highest BCUT2D eigenvalue weighted by molar-refractivity contribution is 6.30. The van der Waals surface area contributed by atoms with Crippen molar-refractivity contribution in [1.82, 2.24) is 15.2 Å². The summed E-state index contributed by atoms with van der Waals surface area (Å²) in [6.07, 6.45) is -2.46. The van der Waals surface area contributed by atoms with Gasteiger partial charge in [0, 0.05) is 30.9 Å². The van der Waals surface area contributed by atoms with Crippen LogP contribution in [0.15, 0.2) is 60.8 Å². The van der Waals surface area contributed by atoms with Gasteiger partial charge in [0.15, 0.2) is 0 Å². The molecular weight excluding hydrogens is 503 g/mol. The van der Waals surface area contributed by atoms with Gasteiger partial charge in [-0.25, -0.2) is 0 Å². The van der Waals surface area contributed by atoms with Crippen LogP contribution in [0.4, 0.5) is 13.2 Å². The summed E-state index contributed by atoms with van der Waals surface area (Å²) < 4.78 is 38.8. The van der Waals surface area contributed by atoms with Gasteiger partial charge in [-0.15, -0.1) is 0 Å². The number of hydrogen-bond acceptors (Lipinski definition) is 4. The third-order valence-corrected chi connectivity index (χ3v) is 6.86. The number of carbonyl (C=O) groups is 1. The Bertz CT molecular complexity index is 1230. The highest BCUT2D eigenvalue weighted by Gasteiger charge is 2.35. The van der Waals surface area contributed by atoms with Crippen LogP contribution in [0.5, 0.6) is 0 Å². The molecule has 0 saturated heterocycles. The van der Waals surface area contributed by atoms with Gasteiger partial charge in [0.05, 0.1) is 28.9 Å². The maximum absolute atomic E-state index is 13.1. The number of aliphatic hydroxyl groups is 1. The van der Waals surface area contributed by atoms with Gasteiger partial charge >= 0.3 is 6.18 Å². The van der Waals surface area contributed by atoms with E-state index in [1.165, 1.54) is 12.1 Å². The van der Waals surface area contributed by atoms with E-state index in [1.54, 1.807) is 18.3 Å². The number of carbonyl (C=O) groups excluding carboxylic acids is 1. The van der Waals surface area contributed by atoms with Crippen molar-refractivity contribution in [3.05, 3.63) is 99.3 Å². The third-order valence-electron chi connectivity index (χ3n) is 6.60. The maximum Gasteiger partial charge on any atom is 0.416 e. The van der Waals surface area contributed by atoms with E-state index in [-0.39, 0.29) is 30.5 Å². The third kappa shape index (κ3) is 6.32. The van der Waals surface area contributed by atoms with Crippen LogP contribution in [0.3, 0.4) is 0 Å². The highest BCUT2D eigenvalue weighted by atomic mass is 35.5. The summed E-state index contributed by atoms with van der Waals surface area (Å²) in [6.45, 7) is 5.06. The minimum absolute atomic E-state index is 0.0226. The van der Waals surface area contributed by atoms with Crippen LogP contribution in [-0.2, 0) is 19.3 Å². The Balaban J connectivity index is 1.51. The lowest BCUT2D eigenvalue weighted by molar-refractivity contribution is -0.137. The second-order valence-corrected chi connectivity index (χ2v) is 10.1. The predicted octanol–water partition coefficient (Wildman–Crippen LogP) is 6.32. The zero-order chi connectivity index (χ0) is 26.7. The SMILES string of the molecule is CC(C)[C@H]1c2ncc(C(=O)N[C@@H](CCO)c3ccc(Cl)cc3)cc2CN1Cc1ccc(C(F)(F)F)cc1. The van der Waals surface area contributed by atoms with Crippen LogP contribution >= 0.6 is 11.6 Å². The average Bonchev–Trinajstić information content (AvgIpc) is 3.21. The van der Waals surface area contributed by atoms with E-state index >= 15 is 0 Å². The van der Waals surface area contributed by atoms with Gasteiger partial charge < -0.3 is 10.4 Å². The average molecular weight is 532 g/mol. The van der Waals surface area contributed by atoms with Crippen molar-refractivity contribution in [2.45, 2.75) is 51.6 Å². The first-order valence-electron chi connectivity index (χ1n) is 12.1. The summed E-state index contributed by atoms with van der Waals surface area (Å²) >= 11 is 5.98. The number of alkyl halides is 3. The molecule has 0 radical (unpaired) electrons. The molecule has 0 aliphatic carbocycles. The lowest BCUT2D eigenvalue weighted by atomic mass is 9.99. The van der Waals surface area contributed by atoms with Crippen LogP contribution in [0.1, 0.15) is 70.7 Å². The fourth-order valence-electron chi connectivity index (χ4n) is 4.84. The summed E-state index contributed by atoms with van der Waals surface area (Å²) in [5.74, 6) is -0.0901. The van der Waals surface area contributed by atoms with Crippen molar-refractivity contribution in [3.63, 3.8) is 0 Å². The van der Waals surface area contributed by atoms with Gasteiger partial charge in [-0.05, 0) is 59.4 Å². The zero-order valence-corrected chi connectivity index (χ0v) is 21.4. The van der Waals surface area contributed by atoms with Crippen molar-refractivity contribution < 1.29 is 23.1 Å². The van der Waals surface area contributed by atoms with Gasteiger partial charge in [-0.2, -0.15) is 13.2 Å². The van der Waals surface area contributed by atoms with E-state index in [2.05, 4.69) is 29.0 Å². The summed E-state index contributed by atoms with van der Waals surface area (Å²) in [6, 6.07) is 13.8. The number of pyridine rings is 1. The molecule has 3 aromatic rings. The normalized spacial score (nSPS) is 16.6. The Hall–Kier alpha value is -2.94. The number of hydrogen-bond donors (Lipinski definition) is 2. The number of halogens is 4. The molecule has 1 amide bonds. The molecule has 2 atom stereocenters. The number of benzene rings is 2. The van der Waals surface area contributed by atoms with Crippen molar-refractivity contribution in [1.29, 1.82) is 0 Å². The number of aromatic nitrogens is 1. The fraction of sp³-hybridized carbons (Fsp3) is 0.357. The topological polar surface area (TPSA) is 65.5 Å². The van der Waals surface area contributed by atoms with Gasteiger partial charge in [0.25, 0.3) is 5.91 Å². The Morgan fingerprint density at radius 1 is 1.16 bits per heavy atom. The first kappa shape index (κ1) is 27.1. The standard InChI is InChI=1S/C28H29ClF3N3O2/c1-17(2)26-25-21(16-35(26)15-18-3-7-22(8-4-18)28(30,31)32)13-20(14-33-25)27(37)34-24(11-12-36)19-5-9-23(29)10-6-19/h3-10,13-14,17,24,26,36H,11-12,15-16H2,1-2H3,(H,34,37)/t24-,26-/m0/s1. The van der Waals surface area contributed by atoms with E-state index in [0.717, 1.165) is 34.5 Å². The smallest absolute Gasteiger partial charge is 0.396 e. The summed E-state index contributed by atoms with van der Waals surface area (Å²) in [5, 5.41) is 13.1. The van der Waals surface area contributed by atoms with Crippen LogP contribution in [0.2, 0.25) is 5.02 Å². The molecule has 0 unspecified atom stereocenters. The van der Waals surface area contributed by atoms with Crippen LogP contribution in [0.25, 0.3) is 0 Å². The number of amides is 1. The van der Waals surface area contributed by atoms with E-state index < -0.39 is 11.7 Å². The molecule has 2 aromatic carbocycles. The first-order valence-corrected chi connectivity index (χ1v) is 12.5. The molecule has 2 heterocycles. The van der Waals surface area contributed by atoms with Crippen molar-refractivity contribution in [2.75, 3.05) is 6.61 Å². The molecule has 9 heteroatoms. The maximum atomic E-state index is 13.1. The first-order chi connectivity index (χ1) is 17.6. The lowest BCUT2D eigenvalue weighted by Gasteiger charge is -2.27. The molecule has 0 saturated carbocycles. The number of nitrogens with one attached hydrogen (secondary N) is 1. The van der Waals surface area contributed by atoms with Crippen molar-refractivity contribution in [3.8, 4) is 0 Å². The minimum atomic E-state index is -4.37. The molecule has 1 aromatic heterocycles. The molecular formula is C28H29ClF3N3O2. The molecule has 37 heavy (non-hydrogen) atoms. The monoisotopic (exact) mass is 531 g/mol. The molecule has 1 aliphatic heterocycles. The zero-order valence-electron chi connectivity index (χ0n) is 20.6.